The maximum atomic E-state index is 4.21. The Bertz CT molecular complexity index is 458. The molecule has 0 radical (unpaired) electrons. The second-order valence-electron chi connectivity index (χ2n) is 8.53. The Morgan fingerprint density at radius 1 is 1.05 bits per heavy atom. The summed E-state index contributed by atoms with van der Waals surface area (Å²) in [6.45, 7) is 7.90. The third-order valence-electron chi connectivity index (χ3n) is 5.59. The minimum absolute atomic E-state index is 0.190. The average molecular weight is 286 g/mol. The summed E-state index contributed by atoms with van der Waals surface area (Å²) in [5.74, 6) is 0. The molecule has 116 valence electrons. The lowest BCUT2D eigenvalue weighted by molar-refractivity contribution is -0.0155. The molecule has 2 heteroatoms. The Hall–Kier alpha value is -0.890. The van der Waals surface area contributed by atoms with Crippen molar-refractivity contribution in [3.05, 3.63) is 30.1 Å². The van der Waals surface area contributed by atoms with Gasteiger partial charge in [0, 0.05) is 29.9 Å². The highest BCUT2D eigenvalue weighted by Gasteiger charge is 2.54. The van der Waals surface area contributed by atoms with Crippen LogP contribution >= 0.6 is 0 Å². The smallest absolute Gasteiger partial charge is 0.0270 e. The van der Waals surface area contributed by atoms with E-state index in [1.54, 1.807) is 0 Å². The first-order valence-corrected chi connectivity index (χ1v) is 8.59. The van der Waals surface area contributed by atoms with E-state index in [9.17, 15) is 0 Å². The SMILES string of the molecule is CC(C)(C)NCC1(c2ccncc2)CC2(CCCCC2)C1. The highest BCUT2D eigenvalue weighted by molar-refractivity contribution is 5.30. The Labute approximate surface area is 129 Å². The third-order valence-corrected chi connectivity index (χ3v) is 5.59. The Kier molecular flexibility index (Phi) is 3.85. The monoisotopic (exact) mass is 286 g/mol. The zero-order valence-electron chi connectivity index (χ0n) is 13.9. The largest absolute Gasteiger partial charge is 0.311 e. The number of nitrogens with one attached hydrogen (secondary N) is 1. The normalized spacial score (nSPS) is 23.8. The molecule has 2 saturated carbocycles. The molecular weight excluding hydrogens is 256 g/mol. The summed E-state index contributed by atoms with van der Waals surface area (Å²) in [6.07, 6.45) is 13.9. The van der Waals surface area contributed by atoms with E-state index in [1.165, 1.54) is 50.5 Å². The van der Waals surface area contributed by atoms with Crippen LogP contribution in [0.25, 0.3) is 0 Å². The van der Waals surface area contributed by atoms with Crippen LogP contribution in [0.15, 0.2) is 24.5 Å². The summed E-state index contributed by atoms with van der Waals surface area (Å²) in [6, 6.07) is 4.47. The fourth-order valence-corrected chi connectivity index (χ4v) is 4.61. The zero-order chi connectivity index (χ0) is 15.0. The first-order valence-electron chi connectivity index (χ1n) is 8.59. The fourth-order valence-electron chi connectivity index (χ4n) is 4.61. The van der Waals surface area contributed by atoms with Crippen LogP contribution in [0.1, 0.15) is 71.3 Å². The van der Waals surface area contributed by atoms with E-state index in [0.717, 1.165) is 6.54 Å². The van der Waals surface area contributed by atoms with Crippen molar-refractivity contribution in [2.45, 2.75) is 76.7 Å². The molecule has 0 aliphatic heterocycles. The Morgan fingerprint density at radius 3 is 2.24 bits per heavy atom. The molecule has 1 aromatic heterocycles. The third kappa shape index (κ3) is 3.15. The maximum Gasteiger partial charge on any atom is 0.0270 e. The molecule has 2 aliphatic rings. The van der Waals surface area contributed by atoms with Gasteiger partial charge in [0.15, 0.2) is 0 Å². The second-order valence-corrected chi connectivity index (χ2v) is 8.53. The van der Waals surface area contributed by atoms with Crippen molar-refractivity contribution in [3.8, 4) is 0 Å². The molecule has 3 rings (SSSR count). The van der Waals surface area contributed by atoms with E-state index in [1.807, 2.05) is 12.4 Å². The molecule has 0 aromatic carbocycles. The highest BCUT2D eigenvalue weighted by Crippen LogP contribution is 2.61. The first-order chi connectivity index (χ1) is 9.93. The van der Waals surface area contributed by atoms with E-state index in [2.05, 4.69) is 43.2 Å². The number of nitrogens with zero attached hydrogens (tertiary/aromatic N) is 1. The number of pyridine rings is 1. The summed E-state index contributed by atoms with van der Waals surface area (Å²) >= 11 is 0. The van der Waals surface area contributed by atoms with Crippen molar-refractivity contribution in [3.63, 3.8) is 0 Å². The van der Waals surface area contributed by atoms with Crippen molar-refractivity contribution < 1.29 is 0 Å². The summed E-state index contributed by atoms with van der Waals surface area (Å²) in [7, 11) is 0. The van der Waals surface area contributed by atoms with Gasteiger partial charge in [0.25, 0.3) is 0 Å². The Morgan fingerprint density at radius 2 is 1.67 bits per heavy atom. The summed E-state index contributed by atoms with van der Waals surface area (Å²) in [4.78, 5) is 4.21. The average Bonchev–Trinajstić information content (AvgIpc) is 2.44. The van der Waals surface area contributed by atoms with Gasteiger partial charge in [0.2, 0.25) is 0 Å². The first kappa shape index (κ1) is 15.0. The van der Waals surface area contributed by atoms with Crippen molar-refractivity contribution in [1.29, 1.82) is 0 Å². The molecule has 1 spiro atoms. The van der Waals surface area contributed by atoms with Crippen LogP contribution in [-0.2, 0) is 5.41 Å². The van der Waals surface area contributed by atoms with Crippen molar-refractivity contribution in [1.82, 2.24) is 10.3 Å². The second kappa shape index (κ2) is 5.39. The van der Waals surface area contributed by atoms with Crippen LogP contribution in [0.3, 0.4) is 0 Å². The van der Waals surface area contributed by atoms with Gasteiger partial charge in [-0.05, 0) is 69.6 Å². The molecular formula is C19H30N2. The molecule has 0 bridgehead atoms. The van der Waals surface area contributed by atoms with Crippen LogP contribution in [0.2, 0.25) is 0 Å². The van der Waals surface area contributed by atoms with Crippen molar-refractivity contribution in [2.24, 2.45) is 5.41 Å². The van der Waals surface area contributed by atoms with Crippen molar-refractivity contribution in [2.75, 3.05) is 6.54 Å². The van der Waals surface area contributed by atoms with Crippen LogP contribution in [0.4, 0.5) is 0 Å². The van der Waals surface area contributed by atoms with Gasteiger partial charge in [-0.3, -0.25) is 4.98 Å². The molecule has 1 heterocycles. The lowest BCUT2D eigenvalue weighted by Gasteiger charge is -2.59. The van der Waals surface area contributed by atoms with Gasteiger partial charge in [0.1, 0.15) is 0 Å². The number of rotatable bonds is 3. The number of aromatic nitrogens is 1. The van der Waals surface area contributed by atoms with E-state index in [-0.39, 0.29) is 5.54 Å². The van der Waals surface area contributed by atoms with E-state index in [4.69, 9.17) is 0 Å². The molecule has 21 heavy (non-hydrogen) atoms. The molecule has 0 unspecified atom stereocenters. The van der Waals surface area contributed by atoms with Gasteiger partial charge in [-0.2, -0.15) is 0 Å². The van der Waals surface area contributed by atoms with Gasteiger partial charge in [-0.25, -0.2) is 0 Å². The topological polar surface area (TPSA) is 24.9 Å². The Balaban J connectivity index is 1.77. The van der Waals surface area contributed by atoms with Crippen LogP contribution in [0, 0.1) is 5.41 Å². The van der Waals surface area contributed by atoms with Gasteiger partial charge in [-0.15, -0.1) is 0 Å². The van der Waals surface area contributed by atoms with E-state index in [0.29, 0.717) is 10.8 Å². The lowest BCUT2D eigenvalue weighted by Crippen LogP contribution is -2.57. The quantitative estimate of drug-likeness (QED) is 0.888. The molecule has 2 nitrogen and oxygen atoms in total. The maximum absolute atomic E-state index is 4.21. The fraction of sp³-hybridized carbons (Fsp3) is 0.737. The number of hydrogen-bond acceptors (Lipinski definition) is 2. The van der Waals surface area contributed by atoms with Crippen LogP contribution < -0.4 is 5.32 Å². The minimum Gasteiger partial charge on any atom is -0.311 e. The predicted molar refractivity (Wildman–Crippen MR) is 88.4 cm³/mol. The van der Waals surface area contributed by atoms with E-state index >= 15 is 0 Å². The molecule has 0 amide bonds. The molecule has 0 atom stereocenters. The summed E-state index contributed by atoms with van der Waals surface area (Å²) in [5, 5.41) is 3.76. The summed E-state index contributed by atoms with van der Waals surface area (Å²) in [5.41, 5.74) is 2.68. The highest BCUT2D eigenvalue weighted by atomic mass is 15.0. The standard InChI is InChI=1S/C19H30N2/c1-17(2,3)21-15-19(16-7-11-20-12-8-16)13-18(14-19)9-5-4-6-10-18/h7-8,11-12,21H,4-6,9-10,13-15H2,1-3H3. The van der Waals surface area contributed by atoms with Gasteiger partial charge < -0.3 is 5.32 Å². The lowest BCUT2D eigenvalue weighted by atomic mass is 9.46. The van der Waals surface area contributed by atoms with Crippen molar-refractivity contribution >= 4 is 0 Å². The number of hydrogen-bond donors (Lipinski definition) is 1. The molecule has 0 saturated heterocycles. The molecule has 2 aliphatic carbocycles. The molecule has 1 aromatic rings. The van der Waals surface area contributed by atoms with Gasteiger partial charge in [-0.1, -0.05) is 19.3 Å². The molecule has 1 N–H and O–H groups in total. The zero-order valence-corrected chi connectivity index (χ0v) is 13.9. The van der Waals surface area contributed by atoms with Gasteiger partial charge in [0.05, 0.1) is 0 Å². The predicted octanol–water partition coefficient (Wildman–Crippen LogP) is 4.45. The van der Waals surface area contributed by atoms with Crippen LogP contribution in [-0.4, -0.2) is 17.1 Å². The van der Waals surface area contributed by atoms with E-state index < -0.39 is 0 Å². The van der Waals surface area contributed by atoms with Crippen LogP contribution in [0.5, 0.6) is 0 Å². The minimum atomic E-state index is 0.190. The molecule has 2 fully saturated rings. The summed E-state index contributed by atoms with van der Waals surface area (Å²) < 4.78 is 0. The van der Waals surface area contributed by atoms with Gasteiger partial charge >= 0.3 is 0 Å².